The number of aromatic nitrogens is 3. The van der Waals surface area contributed by atoms with E-state index in [1.54, 1.807) is 30.2 Å². The molecule has 0 bridgehead atoms. The molecule has 1 fully saturated rings. The third-order valence-electron chi connectivity index (χ3n) is 4.74. The Labute approximate surface area is 185 Å². The number of methoxy groups -OCH3 is 1. The maximum atomic E-state index is 12.9. The Hall–Kier alpha value is -1.78. The SMILES string of the molecule is COc1ccc(Cl)cc1-c1nc(SCC(=O)N(CC(C)C)C2CCS(=O)(=O)C2)n[nH]1. The van der Waals surface area contributed by atoms with E-state index >= 15 is 0 Å². The number of hydrogen-bond acceptors (Lipinski definition) is 7. The lowest BCUT2D eigenvalue weighted by Gasteiger charge is -2.29. The zero-order valence-corrected chi connectivity index (χ0v) is 19.5. The number of thioether (sulfide) groups is 1. The number of hydrogen-bond donors (Lipinski definition) is 1. The molecule has 30 heavy (non-hydrogen) atoms. The van der Waals surface area contributed by atoms with Crippen molar-refractivity contribution >= 4 is 39.1 Å². The number of rotatable bonds is 8. The second kappa shape index (κ2) is 9.57. The fourth-order valence-corrected chi connectivity index (χ4v) is 5.96. The monoisotopic (exact) mass is 472 g/mol. The Balaban J connectivity index is 1.69. The van der Waals surface area contributed by atoms with Gasteiger partial charge >= 0.3 is 0 Å². The molecule has 0 radical (unpaired) electrons. The fourth-order valence-electron chi connectivity index (χ4n) is 3.37. The van der Waals surface area contributed by atoms with Crippen molar-refractivity contribution in [1.82, 2.24) is 20.1 Å². The van der Waals surface area contributed by atoms with Gasteiger partial charge in [-0.15, -0.1) is 5.10 Å². The Morgan fingerprint density at radius 1 is 1.43 bits per heavy atom. The largest absolute Gasteiger partial charge is 0.496 e. The van der Waals surface area contributed by atoms with Crippen LogP contribution in [0.4, 0.5) is 0 Å². The Morgan fingerprint density at radius 3 is 2.83 bits per heavy atom. The van der Waals surface area contributed by atoms with Gasteiger partial charge in [0.05, 0.1) is 29.9 Å². The first-order chi connectivity index (χ1) is 14.2. The van der Waals surface area contributed by atoms with Gasteiger partial charge in [0.1, 0.15) is 5.75 Å². The molecule has 2 aromatic rings. The lowest BCUT2D eigenvalue weighted by atomic mass is 10.1. The van der Waals surface area contributed by atoms with Crippen molar-refractivity contribution in [3.8, 4) is 17.1 Å². The number of nitrogens with zero attached hydrogens (tertiary/aromatic N) is 3. The van der Waals surface area contributed by atoms with Crippen molar-refractivity contribution < 1.29 is 17.9 Å². The summed E-state index contributed by atoms with van der Waals surface area (Å²) in [7, 11) is -1.51. The quantitative estimate of drug-likeness (QED) is 0.589. The average Bonchev–Trinajstić information content (AvgIpc) is 3.30. The number of benzene rings is 1. The number of ether oxygens (including phenoxy) is 1. The van der Waals surface area contributed by atoms with Gasteiger partial charge in [0.15, 0.2) is 15.7 Å². The van der Waals surface area contributed by atoms with E-state index in [9.17, 15) is 13.2 Å². The number of nitrogens with one attached hydrogen (secondary N) is 1. The molecule has 1 aliphatic rings. The van der Waals surface area contributed by atoms with Gasteiger partial charge in [-0.2, -0.15) is 0 Å². The van der Waals surface area contributed by atoms with Gasteiger partial charge in [0.25, 0.3) is 0 Å². The van der Waals surface area contributed by atoms with Crippen molar-refractivity contribution in [1.29, 1.82) is 0 Å². The molecule has 8 nitrogen and oxygen atoms in total. The molecule has 2 heterocycles. The van der Waals surface area contributed by atoms with E-state index in [1.165, 1.54) is 11.8 Å². The summed E-state index contributed by atoms with van der Waals surface area (Å²) in [4.78, 5) is 19.0. The first-order valence-corrected chi connectivity index (χ1v) is 12.8. The molecule has 1 atom stereocenters. The van der Waals surface area contributed by atoms with Gasteiger partial charge in [0.2, 0.25) is 11.1 Å². The van der Waals surface area contributed by atoms with Crippen LogP contribution in [-0.4, -0.2) is 71.4 Å². The summed E-state index contributed by atoms with van der Waals surface area (Å²) in [6.45, 7) is 4.55. The highest BCUT2D eigenvalue weighted by Gasteiger charge is 2.34. The van der Waals surface area contributed by atoms with Crippen LogP contribution in [0.25, 0.3) is 11.4 Å². The molecule has 1 aliphatic heterocycles. The molecule has 3 rings (SSSR count). The molecule has 1 N–H and O–H groups in total. The summed E-state index contributed by atoms with van der Waals surface area (Å²) in [5.74, 6) is 1.54. The highest BCUT2D eigenvalue weighted by atomic mass is 35.5. The summed E-state index contributed by atoms with van der Waals surface area (Å²) in [5.41, 5.74) is 0.674. The minimum atomic E-state index is -3.07. The summed E-state index contributed by atoms with van der Waals surface area (Å²) >= 11 is 7.28. The maximum absolute atomic E-state index is 12.9. The van der Waals surface area contributed by atoms with Crippen LogP contribution in [-0.2, 0) is 14.6 Å². The van der Waals surface area contributed by atoms with Crippen LogP contribution in [0.1, 0.15) is 20.3 Å². The standard InChI is InChI=1S/C19H25ClN4O4S2/c1-12(2)9-24(14-6-7-30(26,27)11-14)17(25)10-29-19-21-18(22-23-19)15-8-13(20)4-5-16(15)28-3/h4-5,8,12,14H,6-7,9-11H2,1-3H3,(H,21,22,23). The highest BCUT2D eigenvalue weighted by Crippen LogP contribution is 2.31. The first kappa shape index (κ1) is 22.9. The summed E-state index contributed by atoms with van der Waals surface area (Å²) in [5, 5.41) is 7.99. The molecule has 1 saturated heterocycles. The summed E-state index contributed by atoms with van der Waals surface area (Å²) in [6.07, 6.45) is 0.491. The van der Waals surface area contributed by atoms with Gasteiger partial charge < -0.3 is 9.64 Å². The van der Waals surface area contributed by atoms with E-state index in [2.05, 4.69) is 15.2 Å². The van der Waals surface area contributed by atoms with Crippen LogP contribution in [0.3, 0.4) is 0 Å². The van der Waals surface area contributed by atoms with Gasteiger partial charge in [-0.1, -0.05) is 37.2 Å². The third-order valence-corrected chi connectivity index (χ3v) is 7.56. The van der Waals surface area contributed by atoms with Crippen LogP contribution < -0.4 is 4.74 Å². The Kier molecular flexibility index (Phi) is 7.30. The fraction of sp³-hybridized carbons (Fsp3) is 0.526. The number of amides is 1. The van der Waals surface area contributed by atoms with Crippen LogP contribution in [0.15, 0.2) is 23.4 Å². The summed E-state index contributed by atoms with van der Waals surface area (Å²) < 4.78 is 29.1. The summed E-state index contributed by atoms with van der Waals surface area (Å²) in [6, 6.07) is 4.94. The van der Waals surface area contributed by atoms with Crippen molar-refractivity contribution in [2.24, 2.45) is 5.92 Å². The molecule has 1 amide bonds. The topological polar surface area (TPSA) is 105 Å². The maximum Gasteiger partial charge on any atom is 0.233 e. The molecule has 164 valence electrons. The number of H-pyrrole nitrogens is 1. The average molecular weight is 473 g/mol. The molecule has 1 unspecified atom stereocenters. The Bertz CT molecular complexity index is 1010. The third kappa shape index (κ3) is 5.67. The highest BCUT2D eigenvalue weighted by molar-refractivity contribution is 7.99. The van der Waals surface area contributed by atoms with E-state index < -0.39 is 9.84 Å². The molecule has 1 aromatic heterocycles. The molecule has 1 aromatic carbocycles. The number of halogens is 1. The first-order valence-electron chi connectivity index (χ1n) is 9.57. The molecule has 0 spiro atoms. The van der Waals surface area contributed by atoms with Crippen molar-refractivity contribution in [2.75, 3.05) is 30.9 Å². The van der Waals surface area contributed by atoms with E-state index in [0.717, 1.165) is 0 Å². The number of carbonyl (C=O) groups is 1. The zero-order valence-electron chi connectivity index (χ0n) is 17.1. The van der Waals surface area contributed by atoms with Crippen LogP contribution in [0, 0.1) is 5.92 Å². The Morgan fingerprint density at radius 2 is 2.20 bits per heavy atom. The minimum absolute atomic E-state index is 0.0372. The zero-order chi connectivity index (χ0) is 21.9. The van der Waals surface area contributed by atoms with Gasteiger partial charge in [-0.25, -0.2) is 13.4 Å². The molecule has 0 saturated carbocycles. The lowest BCUT2D eigenvalue weighted by Crippen LogP contribution is -2.44. The number of aromatic amines is 1. The molecular formula is C19H25ClN4O4S2. The lowest BCUT2D eigenvalue weighted by molar-refractivity contribution is -0.130. The van der Waals surface area contributed by atoms with E-state index in [4.69, 9.17) is 16.3 Å². The second-order valence-electron chi connectivity index (χ2n) is 7.60. The smallest absolute Gasteiger partial charge is 0.233 e. The van der Waals surface area contributed by atoms with Gasteiger partial charge in [0, 0.05) is 17.6 Å². The van der Waals surface area contributed by atoms with Crippen LogP contribution in [0.5, 0.6) is 5.75 Å². The van der Waals surface area contributed by atoms with Crippen molar-refractivity contribution in [3.05, 3.63) is 23.2 Å². The van der Waals surface area contributed by atoms with E-state index in [0.29, 0.717) is 40.3 Å². The van der Waals surface area contributed by atoms with Gasteiger partial charge in [-0.05, 0) is 30.5 Å². The van der Waals surface area contributed by atoms with Crippen molar-refractivity contribution in [3.63, 3.8) is 0 Å². The van der Waals surface area contributed by atoms with Crippen molar-refractivity contribution in [2.45, 2.75) is 31.5 Å². The van der Waals surface area contributed by atoms with Crippen LogP contribution in [0.2, 0.25) is 5.02 Å². The number of sulfone groups is 1. The number of carbonyl (C=O) groups excluding carboxylic acids is 1. The predicted molar refractivity (Wildman–Crippen MR) is 118 cm³/mol. The molecule has 11 heteroatoms. The minimum Gasteiger partial charge on any atom is -0.496 e. The van der Waals surface area contributed by atoms with E-state index in [-0.39, 0.29) is 35.1 Å². The molecule has 0 aliphatic carbocycles. The van der Waals surface area contributed by atoms with E-state index in [1.807, 2.05) is 13.8 Å². The van der Waals surface area contributed by atoms with Gasteiger partial charge in [-0.3, -0.25) is 9.89 Å². The van der Waals surface area contributed by atoms with Crippen LogP contribution >= 0.6 is 23.4 Å². The normalized spacial score (nSPS) is 18.0. The molecular weight excluding hydrogens is 448 g/mol. The second-order valence-corrected chi connectivity index (χ2v) is 11.2. The predicted octanol–water partition coefficient (Wildman–Crippen LogP) is 2.90.